The number of benzene rings is 1. The summed E-state index contributed by atoms with van der Waals surface area (Å²) in [4.78, 5) is 0. The van der Waals surface area contributed by atoms with Crippen LogP contribution in [0, 0.1) is 0 Å². The lowest BCUT2D eigenvalue weighted by molar-refractivity contribution is 0.230. The summed E-state index contributed by atoms with van der Waals surface area (Å²) in [6.45, 7) is 1.12. The minimum absolute atomic E-state index is 0.0308. The molecule has 0 atom stereocenters. The molecule has 1 aliphatic rings. The molecule has 0 aliphatic heterocycles. The molecule has 2 aromatic rings. The highest BCUT2D eigenvalue weighted by atomic mass is 32.1. The van der Waals surface area contributed by atoms with Gasteiger partial charge in [-0.2, -0.15) is 0 Å². The minimum Gasteiger partial charge on any atom is -0.394 e. The Morgan fingerprint density at radius 3 is 2.88 bits per heavy atom. The van der Waals surface area contributed by atoms with Crippen molar-refractivity contribution in [3.05, 3.63) is 35.2 Å². The van der Waals surface area contributed by atoms with Crippen LogP contribution in [0.5, 0.6) is 0 Å². The third-order valence-electron chi connectivity index (χ3n) is 3.37. The van der Waals surface area contributed by atoms with E-state index in [2.05, 4.69) is 35.0 Å². The first kappa shape index (κ1) is 10.3. The number of hydrogen-bond donors (Lipinski definition) is 2. The highest BCUT2D eigenvalue weighted by Gasteiger charge is 2.41. The summed E-state index contributed by atoms with van der Waals surface area (Å²) in [6, 6.07) is 8.48. The summed E-state index contributed by atoms with van der Waals surface area (Å²) in [5.41, 5.74) is 1.38. The summed E-state index contributed by atoms with van der Waals surface area (Å²) in [5.74, 6) is 0. The highest BCUT2D eigenvalue weighted by molar-refractivity contribution is 7.17. The van der Waals surface area contributed by atoms with Crippen LogP contribution in [0.4, 0.5) is 0 Å². The number of nitrogens with one attached hydrogen (secondary N) is 1. The maximum Gasteiger partial charge on any atom is 0.0613 e. The molecule has 84 valence electrons. The molecule has 0 amide bonds. The normalized spacial score (nSPS) is 17.8. The number of aliphatic hydroxyl groups is 1. The summed E-state index contributed by atoms with van der Waals surface area (Å²) in [7, 11) is 0. The maximum atomic E-state index is 9.24. The van der Waals surface area contributed by atoms with Crippen molar-refractivity contribution in [1.29, 1.82) is 0 Å². The topological polar surface area (TPSA) is 32.3 Å². The molecule has 3 rings (SSSR count). The molecule has 0 bridgehead atoms. The molecule has 1 heterocycles. The van der Waals surface area contributed by atoms with Crippen LogP contribution in [0.3, 0.4) is 0 Å². The van der Waals surface area contributed by atoms with Gasteiger partial charge in [-0.3, -0.25) is 0 Å². The Hall–Kier alpha value is -0.900. The van der Waals surface area contributed by atoms with E-state index in [4.69, 9.17) is 0 Å². The Morgan fingerprint density at radius 1 is 1.31 bits per heavy atom. The first-order chi connectivity index (χ1) is 7.83. The number of rotatable bonds is 4. The van der Waals surface area contributed by atoms with Crippen LogP contribution in [-0.4, -0.2) is 17.3 Å². The molecular formula is C13H15NOS. The van der Waals surface area contributed by atoms with Gasteiger partial charge in [0, 0.05) is 16.8 Å². The van der Waals surface area contributed by atoms with Crippen molar-refractivity contribution in [2.24, 2.45) is 0 Å². The van der Waals surface area contributed by atoms with Crippen molar-refractivity contribution in [3.63, 3.8) is 0 Å². The monoisotopic (exact) mass is 233 g/mol. The first-order valence-corrected chi connectivity index (χ1v) is 6.52. The van der Waals surface area contributed by atoms with Gasteiger partial charge in [-0.15, -0.1) is 11.3 Å². The van der Waals surface area contributed by atoms with E-state index in [0.29, 0.717) is 0 Å². The number of aliphatic hydroxyl groups excluding tert-OH is 1. The summed E-state index contributed by atoms with van der Waals surface area (Å²) < 4.78 is 1.34. The molecular weight excluding hydrogens is 218 g/mol. The van der Waals surface area contributed by atoms with E-state index in [0.717, 1.165) is 19.4 Å². The van der Waals surface area contributed by atoms with Gasteiger partial charge in [0.05, 0.1) is 6.61 Å². The second-order valence-electron chi connectivity index (χ2n) is 4.55. The van der Waals surface area contributed by atoms with Gasteiger partial charge < -0.3 is 10.4 Å². The average Bonchev–Trinajstić information content (AvgIpc) is 3.01. The molecule has 1 fully saturated rings. The Kier molecular flexibility index (Phi) is 2.46. The average molecular weight is 233 g/mol. The molecule has 0 radical (unpaired) electrons. The predicted octanol–water partition coefficient (Wildman–Crippen LogP) is 2.52. The van der Waals surface area contributed by atoms with Crippen molar-refractivity contribution in [3.8, 4) is 0 Å². The van der Waals surface area contributed by atoms with E-state index in [1.165, 1.54) is 15.6 Å². The zero-order valence-corrected chi connectivity index (χ0v) is 9.89. The summed E-state index contributed by atoms with van der Waals surface area (Å²) >= 11 is 1.79. The van der Waals surface area contributed by atoms with Crippen LogP contribution in [0.25, 0.3) is 10.1 Å². The van der Waals surface area contributed by atoms with E-state index in [1.54, 1.807) is 11.3 Å². The molecule has 1 aromatic heterocycles. The van der Waals surface area contributed by atoms with E-state index >= 15 is 0 Å². The Balaban J connectivity index is 1.79. The van der Waals surface area contributed by atoms with Gasteiger partial charge in [-0.1, -0.05) is 18.2 Å². The van der Waals surface area contributed by atoms with Crippen molar-refractivity contribution in [2.45, 2.75) is 24.9 Å². The molecule has 16 heavy (non-hydrogen) atoms. The third kappa shape index (κ3) is 1.75. The molecule has 1 aliphatic carbocycles. The van der Waals surface area contributed by atoms with Crippen LogP contribution < -0.4 is 5.32 Å². The van der Waals surface area contributed by atoms with Crippen LogP contribution in [0.2, 0.25) is 0 Å². The standard InChI is InChI=1S/C13H15NOS/c15-9-13(5-6-13)14-7-10-8-16-12-4-2-1-3-11(10)12/h1-4,8,14-15H,5-7,9H2. The quantitative estimate of drug-likeness (QED) is 0.850. The number of thiophene rings is 1. The Bertz CT molecular complexity index is 501. The minimum atomic E-state index is 0.0308. The van der Waals surface area contributed by atoms with Gasteiger partial charge in [0.15, 0.2) is 0 Å². The number of fused-ring (bicyclic) bond motifs is 1. The first-order valence-electron chi connectivity index (χ1n) is 5.64. The zero-order valence-electron chi connectivity index (χ0n) is 9.07. The Morgan fingerprint density at radius 2 is 2.12 bits per heavy atom. The van der Waals surface area contributed by atoms with E-state index in [1.807, 2.05) is 0 Å². The fourth-order valence-corrected chi connectivity index (χ4v) is 2.96. The van der Waals surface area contributed by atoms with E-state index in [9.17, 15) is 5.11 Å². The van der Waals surface area contributed by atoms with Gasteiger partial charge in [0.25, 0.3) is 0 Å². The molecule has 1 saturated carbocycles. The van der Waals surface area contributed by atoms with Gasteiger partial charge in [0.1, 0.15) is 0 Å². The van der Waals surface area contributed by atoms with Crippen LogP contribution in [0.1, 0.15) is 18.4 Å². The van der Waals surface area contributed by atoms with E-state index in [-0.39, 0.29) is 12.1 Å². The van der Waals surface area contributed by atoms with Crippen molar-refractivity contribution < 1.29 is 5.11 Å². The zero-order chi connectivity index (χ0) is 11.0. The predicted molar refractivity (Wildman–Crippen MR) is 67.7 cm³/mol. The van der Waals surface area contributed by atoms with Crippen molar-refractivity contribution in [1.82, 2.24) is 5.32 Å². The molecule has 0 unspecified atom stereocenters. The van der Waals surface area contributed by atoms with Gasteiger partial charge in [-0.05, 0) is 35.2 Å². The van der Waals surface area contributed by atoms with Crippen molar-refractivity contribution in [2.75, 3.05) is 6.61 Å². The fourth-order valence-electron chi connectivity index (χ4n) is 1.99. The smallest absolute Gasteiger partial charge is 0.0613 e. The lowest BCUT2D eigenvalue weighted by atomic mass is 10.1. The molecule has 2 N–H and O–H groups in total. The van der Waals surface area contributed by atoms with Crippen LogP contribution in [0.15, 0.2) is 29.6 Å². The summed E-state index contributed by atoms with van der Waals surface area (Å²) in [5, 5.41) is 16.3. The SMILES string of the molecule is OCC1(NCc2csc3ccccc23)CC1. The largest absolute Gasteiger partial charge is 0.394 e. The maximum absolute atomic E-state index is 9.24. The van der Waals surface area contributed by atoms with E-state index < -0.39 is 0 Å². The summed E-state index contributed by atoms with van der Waals surface area (Å²) in [6.07, 6.45) is 2.21. The third-order valence-corrected chi connectivity index (χ3v) is 4.38. The fraction of sp³-hybridized carbons (Fsp3) is 0.385. The lowest BCUT2D eigenvalue weighted by Gasteiger charge is -2.13. The lowest BCUT2D eigenvalue weighted by Crippen LogP contribution is -2.34. The van der Waals surface area contributed by atoms with Gasteiger partial charge >= 0.3 is 0 Å². The van der Waals surface area contributed by atoms with Crippen LogP contribution >= 0.6 is 11.3 Å². The Labute approximate surface area is 98.9 Å². The van der Waals surface area contributed by atoms with Gasteiger partial charge in [0.2, 0.25) is 0 Å². The molecule has 1 aromatic carbocycles. The number of hydrogen-bond acceptors (Lipinski definition) is 3. The van der Waals surface area contributed by atoms with Gasteiger partial charge in [-0.25, -0.2) is 0 Å². The molecule has 0 spiro atoms. The van der Waals surface area contributed by atoms with Crippen LogP contribution in [-0.2, 0) is 6.54 Å². The second-order valence-corrected chi connectivity index (χ2v) is 5.46. The van der Waals surface area contributed by atoms with Crippen molar-refractivity contribution >= 4 is 21.4 Å². The molecule has 3 heteroatoms. The molecule has 2 nitrogen and oxygen atoms in total. The molecule has 0 saturated heterocycles. The second kappa shape index (κ2) is 3.84. The highest BCUT2D eigenvalue weighted by Crippen LogP contribution is 2.35.